The van der Waals surface area contributed by atoms with Gasteiger partial charge in [0.05, 0.1) is 6.10 Å². The Morgan fingerprint density at radius 1 is 1.50 bits per heavy atom. The molecule has 14 heavy (non-hydrogen) atoms. The summed E-state index contributed by atoms with van der Waals surface area (Å²) in [5, 5.41) is 0. The highest BCUT2D eigenvalue weighted by atomic mass is 16.5. The number of hydrogen-bond donors (Lipinski definition) is 1. The van der Waals surface area contributed by atoms with Gasteiger partial charge in [-0.1, -0.05) is 0 Å². The zero-order valence-electron chi connectivity index (χ0n) is 8.87. The van der Waals surface area contributed by atoms with Crippen molar-refractivity contribution in [3.8, 4) is 0 Å². The number of methoxy groups -OCH3 is 1. The molecule has 1 aliphatic rings. The van der Waals surface area contributed by atoms with E-state index in [0.717, 1.165) is 32.4 Å². The van der Waals surface area contributed by atoms with Crippen LogP contribution < -0.4 is 5.73 Å². The summed E-state index contributed by atoms with van der Waals surface area (Å²) in [4.78, 5) is 13.5. The number of carbonyl (C=O) groups excluding carboxylic acids is 1. The van der Waals surface area contributed by atoms with Crippen LogP contribution in [0.4, 0.5) is 0 Å². The number of amides is 1. The minimum absolute atomic E-state index is 0.241. The zero-order valence-corrected chi connectivity index (χ0v) is 8.87. The Kier molecular flexibility index (Phi) is 4.90. The minimum atomic E-state index is 0.241. The average molecular weight is 200 g/mol. The first kappa shape index (κ1) is 11.5. The van der Waals surface area contributed by atoms with Gasteiger partial charge >= 0.3 is 0 Å². The lowest BCUT2D eigenvalue weighted by atomic mass is 10.1. The highest BCUT2D eigenvalue weighted by Crippen LogP contribution is 2.13. The fourth-order valence-corrected chi connectivity index (χ4v) is 1.75. The molecule has 0 aromatic carbocycles. The summed E-state index contributed by atoms with van der Waals surface area (Å²) in [6.45, 7) is 2.27. The van der Waals surface area contributed by atoms with E-state index >= 15 is 0 Å². The van der Waals surface area contributed by atoms with Gasteiger partial charge in [-0.3, -0.25) is 4.79 Å². The monoisotopic (exact) mass is 200 g/mol. The second kappa shape index (κ2) is 5.98. The molecule has 0 atom stereocenters. The van der Waals surface area contributed by atoms with Crippen LogP contribution in [0.3, 0.4) is 0 Å². The van der Waals surface area contributed by atoms with Gasteiger partial charge in [0.2, 0.25) is 5.91 Å². The number of carbonyl (C=O) groups is 1. The van der Waals surface area contributed by atoms with Gasteiger partial charge in [0, 0.05) is 26.6 Å². The Morgan fingerprint density at radius 3 is 2.64 bits per heavy atom. The fraction of sp³-hybridized carbons (Fsp3) is 0.900. The van der Waals surface area contributed by atoms with E-state index in [9.17, 15) is 4.79 Å². The number of hydrogen-bond acceptors (Lipinski definition) is 3. The van der Waals surface area contributed by atoms with E-state index in [1.54, 1.807) is 7.11 Å². The third-order valence-corrected chi connectivity index (χ3v) is 2.72. The summed E-state index contributed by atoms with van der Waals surface area (Å²) < 4.78 is 5.24. The Morgan fingerprint density at radius 2 is 2.14 bits per heavy atom. The van der Waals surface area contributed by atoms with Crippen LogP contribution in [0.1, 0.15) is 25.7 Å². The summed E-state index contributed by atoms with van der Waals surface area (Å²) >= 11 is 0. The normalized spacial score (nSPS) is 18.6. The molecule has 4 nitrogen and oxygen atoms in total. The van der Waals surface area contributed by atoms with Gasteiger partial charge in [-0.25, -0.2) is 0 Å². The maximum Gasteiger partial charge on any atom is 0.222 e. The molecule has 0 radical (unpaired) electrons. The first-order chi connectivity index (χ1) is 6.77. The molecule has 0 aliphatic carbocycles. The molecule has 1 heterocycles. The van der Waals surface area contributed by atoms with E-state index < -0.39 is 0 Å². The van der Waals surface area contributed by atoms with Crippen LogP contribution in [-0.4, -0.2) is 43.7 Å². The zero-order chi connectivity index (χ0) is 10.4. The Labute approximate surface area is 85.4 Å². The van der Waals surface area contributed by atoms with Gasteiger partial charge in [-0.2, -0.15) is 0 Å². The van der Waals surface area contributed by atoms with E-state index in [0.29, 0.717) is 19.1 Å². The highest BCUT2D eigenvalue weighted by Gasteiger charge is 2.21. The molecule has 0 saturated carbocycles. The lowest BCUT2D eigenvalue weighted by Crippen LogP contribution is -2.40. The van der Waals surface area contributed by atoms with Crippen molar-refractivity contribution in [2.24, 2.45) is 5.73 Å². The molecule has 1 rings (SSSR count). The molecule has 1 aliphatic heterocycles. The van der Waals surface area contributed by atoms with Gasteiger partial charge in [-0.05, 0) is 25.8 Å². The Hall–Kier alpha value is -0.610. The molecule has 0 aromatic rings. The SMILES string of the molecule is COC1CCN(C(=O)CCCN)CC1. The summed E-state index contributed by atoms with van der Waals surface area (Å²) in [6, 6.07) is 0. The van der Waals surface area contributed by atoms with Crippen LogP contribution in [-0.2, 0) is 9.53 Å². The first-order valence-electron chi connectivity index (χ1n) is 5.28. The summed E-state index contributed by atoms with van der Waals surface area (Å²) in [6.07, 6.45) is 3.65. The van der Waals surface area contributed by atoms with E-state index in [4.69, 9.17) is 10.5 Å². The van der Waals surface area contributed by atoms with Crippen molar-refractivity contribution in [1.29, 1.82) is 0 Å². The molecule has 0 spiro atoms. The molecule has 1 fully saturated rings. The summed E-state index contributed by atoms with van der Waals surface area (Å²) in [7, 11) is 1.73. The highest BCUT2D eigenvalue weighted by molar-refractivity contribution is 5.76. The second-order valence-corrected chi connectivity index (χ2v) is 3.71. The van der Waals surface area contributed by atoms with E-state index in [-0.39, 0.29) is 5.91 Å². The predicted molar refractivity (Wildman–Crippen MR) is 54.9 cm³/mol. The number of rotatable bonds is 4. The van der Waals surface area contributed by atoms with Crippen LogP contribution in [0.25, 0.3) is 0 Å². The quantitative estimate of drug-likeness (QED) is 0.713. The van der Waals surface area contributed by atoms with Crippen molar-refractivity contribution >= 4 is 5.91 Å². The number of nitrogens with two attached hydrogens (primary N) is 1. The molecule has 0 aromatic heterocycles. The molecule has 82 valence electrons. The third kappa shape index (κ3) is 3.27. The van der Waals surface area contributed by atoms with E-state index in [2.05, 4.69) is 0 Å². The fourth-order valence-electron chi connectivity index (χ4n) is 1.75. The Balaban J connectivity index is 2.23. The summed E-state index contributed by atoms with van der Waals surface area (Å²) in [5.74, 6) is 0.241. The van der Waals surface area contributed by atoms with Crippen LogP contribution in [0, 0.1) is 0 Å². The molecule has 1 amide bonds. The maximum atomic E-state index is 11.6. The van der Waals surface area contributed by atoms with E-state index in [1.165, 1.54) is 0 Å². The van der Waals surface area contributed by atoms with Gasteiger partial charge in [0.1, 0.15) is 0 Å². The van der Waals surface area contributed by atoms with Crippen LogP contribution in [0.5, 0.6) is 0 Å². The maximum absolute atomic E-state index is 11.6. The van der Waals surface area contributed by atoms with Crippen LogP contribution in [0.15, 0.2) is 0 Å². The van der Waals surface area contributed by atoms with Crippen LogP contribution in [0.2, 0.25) is 0 Å². The number of likely N-dealkylation sites (tertiary alicyclic amines) is 1. The van der Waals surface area contributed by atoms with Gasteiger partial charge in [-0.15, -0.1) is 0 Å². The molecule has 2 N–H and O–H groups in total. The lowest BCUT2D eigenvalue weighted by molar-refractivity contribution is -0.133. The first-order valence-corrected chi connectivity index (χ1v) is 5.28. The third-order valence-electron chi connectivity index (χ3n) is 2.72. The van der Waals surface area contributed by atoms with Gasteiger partial charge in [0.25, 0.3) is 0 Å². The van der Waals surface area contributed by atoms with E-state index in [1.807, 2.05) is 4.90 Å². The molecular formula is C10H20N2O2. The summed E-state index contributed by atoms with van der Waals surface area (Å²) in [5.41, 5.74) is 5.36. The van der Waals surface area contributed by atoms with Crippen molar-refractivity contribution in [3.63, 3.8) is 0 Å². The minimum Gasteiger partial charge on any atom is -0.381 e. The number of ether oxygens (including phenoxy) is 1. The average Bonchev–Trinajstić information content (AvgIpc) is 2.26. The molecule has 0 bridgehead atoms. The van der Waals surface area contributed by atoms with Crippen molar-refractivity contribution in [2.75, 3.05) is 26.7 Å². The van der Waals surface area contributed by atoms with Crippen molar-refractivity contribution in [1.82, 2.24) is 4.90 Å². The lowest BCUT2D eigenvalue weighted by Gasteiger charge is -2.31. The van der Waals surface area contributed by atoms with Crippen molar-refractivity contribution in [2.45, 2.75) is 31.8 Å². The predicted octanol–water partition coefficient (Wildman–Crippen LogP) is 0.363. The molecular weight excluding hydrogens is 180 g/mol. The van der Waals surface area contributed by atoms with Gasteiger partial charge in [0.15, 0.2) is 0 Å². The molecule has 1 saturated heterocycles. The number of nitrogens with zero attached hydrogens (tertiary/aromatic N) is 1. The Bertz CT molecular complexity index is 177. The smallest absolute Gasteiger partial charge is 0.222 e. The largest absolute Gasteiger partial charge is 0.381 e. The second-order valence-electron chi connectivity index (χ2n) is 3.71. The number of piperidine rings is 1. The van der Waals surface area contributed by atoms with Crippen LogP contribution >= 0.6 is 0 Å². The molecule has 4 heteroatoms. The van der Waals surface area contributed by atoms with Gasteiger partial charge < -0.3 is 15.4 Å². The standard InChI is InChI=1S/C10H20N2O2/c1-14-9-4-7-12(8-5-9)10(13)3-2-6-11/h9H,2-8,11H2,1H3. The molecule has 0 unspecified atom stereocenters. The van der Waals surface area contributed by atoms with Crippen molar-refractivity contribution < 1.29 is 9.53 Å². The topological polar surface area (TPSA) is 55.6 Å². The van der Waals surface area contributed by atoms with Crippen molar-refractivity contribution in [3.05, 3.63) is 0 Å².